The molecule has 2 aliphatic rings. The van der Waals surface area contributed by atoms with Gasteiger partial charge in [-0.25, -0.2) is 4.98 Å². The highest BCUT2D eigenvalue weighted by molar-refractivity contribution is 5.94. The van der Waals surface area contributed by atoms with Gasteiger partial charge in [0.05, 0.1) is 0 Å². The van der Waals surface area contributed by atoms with E-state index in [2.05, 4.69) is 25.9 Å². The van der Waals surface area contributed by atoms with Crippen molar-refractivity contribution in [2.45, 2.75) is 37.9 Å². The van der Waals surface area contributed by atoms with Crippen molar-refractivity contribution < 1.29 is 18.0 Å². The van der Waals surface area contributed by atoms with Gasteiger partial charge in [0.2, 0.25) is 11.9 Å². The second-order valence-corrected chi connectivity index (χ2v) is 6.42. The van der Waals surface area contributed by atoms with E-state index in [1.54, 1.807) is 18.2 Å². The minimum absolute atomic E-state index is 0.0461. The number of nitrogens with one attached hydrogen (secondary N) is 3. The SMILES string of the molecule is O=C1CCc2cc(Nc3nc(NC4CC4)cc(C(F)(F)F)n3)ccc2N1. The molecule has 0 unspecified atom stereocenters. The van der Waals surface area contributed by atoms with Crippen LogP contribution in [0.25, 0.3) is 0 Å². The first-order valence-electron chi connectivity index (χ1n) is 8.29. The van der Waals surface area contributed by atoms with Crippen LogP contribution in [-0.4, -0.2) is 21.9 Å². The molecule has 0 bridgehead atoms. The van der Waals surface area contributed by atoms with Gasteiger partial charge in [0.1, 0.15) is 5.82 Å². The van der Waals surface area contributed by atoms with E-state index in [9.17, 15) is 18.0 Å². The maximum Gasteiger partial charge on any atom is 0.433 e. The van der Waals surface area contributed by atoms with Crippen LogP contribution >= 0.6 is 0 Å². The van der Waals surface area contributed by atoms with Gasteiger partial charge in [0.15, 0.2) is 5.69 Å². The lowest BCUT2D eigenvalue weighted by molar-refractivity contribution is -0.141. The van der Waals surface area contributed by atoms with Gasteiger partial charge in [-0.2, -0.15) is 18.2 Å². The average Bonchev–Trinajstić information content (AvgIpc) is 3.38. The van der Waals surface area contributed by atoms with Gasteiger partial charge in [-0.3, -0.25) is 4.79 Å². The van der Waals surface area contributed by atoms with Crippen molar-refractivity contribution in [1.29, 1.82) is 0 Å². The first kappa shape index (κ1) is 16.6. The molecular weight excluding hydrogens is 347 g/mol. The molecule has 0 spiro atoms. The predicted molar refractivity (Wildman–Crippen MR) is 90.4 cm³/mol. The second-order valence-electron chi connectivity index (χ2n) is 6.42. The fourth-order valence-electron chi connectivity index (χ4n) is 2.75. The quantitative estimate of drug-likeness (QED) is 0.772. The van der Waals surface area contributed by atoms with Gasteiger partial charge in [-0.15, -0.1) is 0 Å². The number of nitrogens with zero attached hydrogens (tertiary/aromatic N) is 2. The van der Waals surface area contributed by atoms with Crippen molar-refractivity contribution in [3.8, 4) is 0 Å². The molecule has 0 radical (unpaired) electrons. The minimum Gasteiger partial charge on any atom is -0.367 e. The molecule has 1 fully saturated rings. The summed E-state index contributed by atoms with van der Waals surface area (Å²) in [5, 5.41) is 8.57. The van der Waals surface area contributed by atoms with Crippen LogP contribution < -0.4 is 16.0 Å². The molecule has 1 aliphatic carbocycles. The van der Waals surface area contributed by atoms with E-state index in [1.807, 2.05) is 0 Å². The molecule has 9 heteroatoms. The minimum atomic E-state index is -4.56. The van der Waals surface area contributed by atoms with Crippen LogP contribution in [0.1, 0.15) is 30.5 Å². The van der Waals surface area contributed by atoms with Gasteiger partial charge in [-0.05, 0) is 43.0 Å². The number of amides is 1. The Hall–Kier alpha value is -2.84. The molecule has 2 aromatic rings. The first-order valence-corrected chi connectivity index (χ1v) is 8.29. The number of halogens is 3. The molecule has 26 heavy (non-hydrogen) atoms. The number of carbonyl (C=O) groups excluding carboxylic acids is 1. The largest absolute Gasteiger partial charge is 0.433 e. The molecule has 0 saturated heterocycles. The summed E-state index contributed by atoms with van der Waals surface area (Å²) in [6, 6.07) is 6.26. The number of carbonyl (C=O) groups is 1. The maximum atomic E-state index is 13.1. The Morgan fingerprint density at radius 3 is 2.65 bits per heavy atom. The lowest BCUT2D eigenvalue weighted by Crippen LogP contribution is -2.19. The Morgan fingerprint density at radius 2 is 1.92 bits per heavy atom. The van der Waals surface area contributed by atoms with E-state index in [0.717, 1.165) is 24.5 Å². The lowest BCUT2D eigenvalue weighted by atomic mass is 10.0. The zero-order chi connectivity index (χ0) is 18.3. The van der Waals surface area contributed by atoms with E-state index in [-0.39, 0.29) is 23.7 Å². The molecule has 6 nitrogen and oxygen atoms in total. The van der Waals surface area contributed by atoms with Crippen LogP contribution in [0, 0.1) is 0 Å². The average molecular weight is 363 g/mol. The first-order chi connectivity index (χ1) is 12.4. The molecule has 0 atom stereocenters. The highest BCUT2D eigenvalue weighted by atomic mass is 19.4. The number of hydrogen-bond donors (Lipinski definition) is 3. The Labute approximate surface area is 147 Å². The van der Waals surface area contributed by atoms with Crippen LogP contribution in [0.15, 0.2) is 24.3 Å². The van der Waals surface area contributed by atoms with E-state index < -0.39 is 11.9 Å². The zero-order valence-electron chi connectivity index (χ0n) is 13.7. The molecular formula is C17H16F3N5O. The van der Waals surface area contributed by atoms with Gasteiger partial charge in [0, 0.05) is 29.9 Å². The third-order valence-corrected chi connectivity index (χ3v) is 4.20. The zero-order valence-corrected chi connectivity index (χ0v) is 13.7. The molecule has 2 heterocycles. The van der Waals surface area contributed by atoms with Gasteiger partial charge in [0.25, 0.3) is 0 Å². The molecule has 136 valence electrons. The van der Waals surface area contributed by atoms with Crippen molar-refractivity contribution in [1.82, 2.24) is 9.97 Å². The van der Waals surface area contributed by atoms with Crippen molar-refractivity contribution in [2.24, 2.45) is 0 Å². The maximum absolute atomic E-state index is 13.1. The fourth-order valence-corrected chi connectivity index (χ4v) is 2.75. The summed E-state index contributed by atoms with van der Waals surface area (Å²) >= 11 is 0. The molecule has 3 N–H and O–H groups in total. The monoisotopic (exact) mass is 363 g/mol. The smallest absolute Gasteiger partial charge is 0.367 e. The predicted octanol–water partition coefficient (Wildman–Crippen LogP) is 3.70. The molecule has 1 aromatic heterocycles. The second kappa shape index (κ2) is 6.15. The Balaban J connectivity index is 1.61. The van der Waals surface area contributed by atoms with Crippen molar-refractivity contribution in [3.05, 3.63) is 35.5 Å². The van der Waals surface area contributed by atoms with Crippen LogP contribution in [0.4, 0.5) is 36.3 Å². The summed E-state index contributed by atoms with van der Waals surface area (Å²) in [4.78, 5) is 19.1. The van der Waals surface area contributed by atoms with E-state index in [1.165, 1.54) is 0 Å². The van der Waals surface area contributed by atoms with Crippen molar-refractivity contribution in [2.75, 3.05) is 16.0 Å². The van der Waals surface area contributed by atoms with Gasteiger partial charge < -0.3 is 16.0 Å². The highest BCUT2D eigenvalue weighted by Crippen LogP contribution is 2.32. The number of hydrogen-bond acceptors (Lipinski definition) is 5. The third-order valence-electron chi connectivity index (χ3n) is 4.20. The molecule has 1 aliphatic heterocycles. The summed E-state index contributed by atoms with van der Waals surface area (Å²) < 4.78 is 39.3. The third kappa shape index (κ3) is 3.71. The number of alkyl halides is 3. The molecule has 4 rings (SSSR count). The lowest BCUT2D eigenvalue weighted by Gasteiger charge is -2.18. The summed E-state index contributed by atoms with van der Waals surface area (Å²) in [7, 11) is 0. The Bertz CT molecular complexity index is 864. The van der Waals surface area contributed by atoms with Crippen LogP contribution in [0.5, 0.6) is 0 Å². The number of aryl methyl sites for hydroxylation is 1. The number of aromatic nitrogens is 2. The molecule has 1 aromatic carbocycles. The summed E-state index contributed by atoms with van der Waals surface area (Å²) in [6.07, 6.45) is -1.75. The Kier molecular flexibility index (Phi) is 3.93. The van der Waals surface area contributed by atoms with E-state index in [0.29, 0.717) is 24.2 Å². The topological polar surface area (TPSA) is 78.9 Å². The Morgan fingerprint density at radius 1 is 1.12 bits per heavy atom. The van der Waals surface area contributed by atoms with Crippen molar-refractivity contribution in [3.63, 3.8) is 0 Å². The van der Waals surface area contributed by atoms with Crippen LogP contribution in [0.3, 0.4) is 0 Å². The van der Waals surface area contributed by atoms with E-state index >= 15 is 0 Å². The highest BCUT2D eigenvalue weighted by Gasteiger charge is 2.34. The number of benzene rings is 1. The number of rotatable bonds is 4. The summed E-state index contributed by atoms with van der Waals surface area (Å²) in [6.45, 7) is 0. The molecule has 1 saturated carbocycles. The number of anilines is 4. The van der Waals surface area contributed by atoms with Crippen molar-refractivity contribution >= 4 is 29.0 Å². The standard InChI is InChI=1S/C17H16F3N5O/c18-17(19,20)13-8-14(21-10-2-3-10)25-16(24-13)22-11-4-5-12-9(7-11)1-6-15(26)23-12/h4-5,7-8,10H,1-3,6H2,(H,23,26)(H2,21,22,24,25). The number of fused-ring (bicyclic) bond motifs is 1. The normalized spacial score (nSPS) is 16.7. The molecule has 1 amide bonds. The summed E-state index contributed by atoms with van der Waals surface area (Å²) in [5.74, 6) is -0.0134. The fraction of sp³-hybridized carbons (Fsp3) is 0.353. The van der Waals surface area contributed by atoms with Gasteiger partial charge >= 0.3 is 6.18 Å². The van der Waals surface area contributed by atoms with Crippen LogP contribution in [0.2, 0.25) is 0 Å². The summed E-state index contributed by atoms with van der Waals surface area (Å²) in [5.41, 5.74) is 1.20. The van der Waals surface area contributed by atoms with Gasteiger partial charge in [-0.1, -0.05) is 0 Å². The van der Waals surface area contributed by atoms with E-state index in [4.69, 9.17) is 0 Å². The van der Waals surface area contributed by atoms with Crippen LogP contribution in [-0.2, 0) is 17.4 Å².